The van der Waals surface area contributed by atoms with E-state index in [4.69, 9.17) is 23.8 Å². The molecule has 1 aliphatic heterocycles. The third kappa shape index (κ3) is 6.56. The van der Waals surface area contributed by atoms with Gasteiger partial charge in [-0.05, 0) is 45.7 Å². The van der Waals surface area contributed by atoms with Gasteiger partial charge in [-0.1, -0.05) is 34.7 Å². The van der Waals surface area contributed by atoms with Crippen LogP contribution in [-0.4, -0.2) is 48.2 Å². The molecular formula is C27H34NO9P. The van der Waals surface area contributed by atoms with E-state index in [9.17, 15) is 19.3 Å². The van der Waals surface area contributed by atoms with E-state index in [0.29, 0.717) is 41.2 Å². The summed E-state index contributed by atoms with van der Waals surface area (Å²) in [6.45, 7) is 7.82. The Hall–Kier alpha value is -3.33. The lowest BCUT2D eigenvalue weighted by Crippen LogP contribution is -2.36. The molecule has 1 heterocycles. The zero-order valence-electron chi connectivity index (χ0n) is 22.2. The molecule has 0 spiro atoms. The highest BCUT2D eigenvalue weighted by Gasteiger charge is 2.32. The van der Waals surface area contributed by atoms with Crippen molar-refractivity contribution < 1.29 is 43.0 Å². The fraction of sp³-hybridized carbons (Fsp3) is 0.407. The monoisotopic (exact) mass is 547 g/mol. The van der Waals surface area contributed by atoms with Gasteiger partial charge < -0.3 is 33.5 Å². The van der Waals surface area contributed by atoms with Gasteiger partial charge in [0.2, 0.25) is 0 Å². The number of aromatic hydroxyl groups is 1. The van der Waals surface area contributed by atoms with Crippen LogP contribution in [0.25, 0.3) is 0 Å². The molecule has 2 atom stereocenters. The van der Waals surface area contributed by atoms with Crippen LogP contribution in [0.5, 0.6) is 17.2 Å². The summed E-state index contributed by atoms with van der Waals surface area (Å²) in [4.78, 5) is 31.0. The Morgan fingerprint density at radius 2 is 2.05 bits per heavy atom. The summed E-state index contributed by atoms with van der Waals surface area (Å²) in [7, 11) is -0.0205. The van der Waals surface area contributed by atoms with Gasteiger partial charge in [0.05, 0.1) is 26.9 Å². The molecule has 2 aromatic carbocycles. The van der Waals surface area contributed by atoms with Gasteiger partial charge in [-0.2, -0.15) is 0 Å². The molecule has 0 aromatic heterocycles. The van der Waals surface area contributed by atoms with Crippen molar-refractivity contribution in [1.29, 1.82) is 0 Å². The number of para-hydroxylation sites is 1. The lowest BCUT2D eigenvalue weighted by Gasteiger charge is -2.23. The van der Waals surface area contributed by atoms with Gasteiger partial charge in [-0.3, -0.25) is 4.79 Å². The SMILES string of the molecule is CCOC(=O)C(C)N(Oc1ccccc1COCC(C)=CCc1c(O)c2c(c(C)c1OC)COC2=O)[PH2]=O. The quantitative estimate of drug-likeness (QED) is 0.168. The minimum Gasteiger partial charge on any atom is -0.507 e. The zero-order valence-corrected chi connectivity index (χ0v) is 23.4. The maximum atomic E-state index is 12.1. The molecular weight excluding hydrogens is 513 g/mol. The number of ether oxygens (including phenoxy) is 4. The van der Waals surface area contributed by atoms with Gasteiger partial charge in [0.1, 0.15) is 29.7 Å². The number of benzene rings is 2. The largest absolute Gasteiger partial charge is 0.507 e. The molecule has 0 bridgehead atoms. The van der Waals surface area contributed by atoms with Gasteiger partial charge in [-0.15, -0.1) is 0 Å². The number of rotatable bonds is 13. The number of allylic oxidation sites excluding steroid dienone is 1. The van der Waals surface area contributed by atoms with E-state index in [0.717, 1.165) is 16.0 Å². The number of carbonyl (C=O) groups excluding carboxylic acids is 2. The molecule has 0 saturated carbocycles. The maximum absolute atomic E-state index is 12.1. The smallest absolute Gasteiger partial charge is 0.342 e. The predicted molar refractivity (Wildman–Crippen MR) is 141 cm³/mol. The van der Waals surface area contributed by atoms with Crippen molar-refractivity contribution in [2.45, 2.75) is 53.4 Å². The molecule has 1 aliphatic rings. The minimum atomic E-state index is -1.55. The topological polar surface area (TPSA) is 121 Å². The van der Waals surface area contributed by atoms with Crippen molar-refractivity contribution in [2.75, 3.05) is 20.3 Å². The minimum absolute atomic E-state index is 0.119. The number of hydrogen-bond acceptors (Lipinski definition) is 9. The number of fused-ring (bicyclic) bond motifs is 1. The van der Waals surface area contributed by atoms with Gasteiger partial charge >= 0.3 is 11.9 Å². The summed E-state index contributed by atoms with van der Waals surface area (Å²) in [5.74, 6) is -0.240. The molecule has 0 aliphatic carbocycles. The van der Waals surface area contributed by atoms with E-state index in [1.807, 2.05) is 32.1 Å². The molecule has 0 fully saturated rings. The molecule has 11 heteroatoms. The number of hydrogen-bond donors (Lipinski definition) is 1. The van der Waals surface area contributed by atoms with E-state index >= 15 is 0 Å². The Kier molecular flexibility index (Phi) is 10.4. The summed E-state index contributed by atoms with van der Waals surface area (Å²) in [5, 5.41) is 10.8. The third-order valence-electron chi connectivity index (χ3n) is 6.18. The van der Waals surface area contributed by atoms with Crippen molar-refractivity contribution in [3.8, 4) is 17.2 Å². The number of hydroxylamine groups is 1. The van der Waals surface area contributed by atoms with Crippen molar-refractivity contribution in [3.05, 3.63) is 63.7 Å². The third-order valence-corrected chi connectivity index (χ3v) is 6.94. The van der Waals surface area contributed by atoms with Crippen LogP contribution in [0.3, 0.4) is 0 Å². The first kappa shape index (κ1) is 29.2. The molecule has 0 radical (unpaired) electrons. The second kappa shape index (κ2) is 13.5. The molecule has 2 unspecified atom stereocenters. The molecule has 206 valence electrons. The highest BCUT2D eigenvalue weighted by molar-refractivity contribution is 7.20. The van der Waals surface area contributed by atoms with Crippen LogP contribution in [0, 0.1) is 6.92 Å². The first-order valence-electron chi connectivity index (χ1n) is 12.2. The summed E-state index contributed by atoms with van der Waals surface area (Å²) < 4.78 is 33.2. The van der Waals surface area contributed by atoms with Crippen LogP contribution < -0.4 is 9.57 Å². The number of methoxy groups -OCH3 is 1. The van der Waals surface area contributed by atoms with Crippen molar-refractivity contribution in [3.63, 3.8) is 0 Å². The van der Waals surface area contributed by atoms with Crippen LogP contribution in [0.1, 0.15) is 53.4 Å². The van der Waals surface area contributed by atoms with E-state index in [1.165, 1.54) is 7.11 Å². The molecule has 10 nitrogen and oxygen atoms in total. The van der Waals surface area contributed by atoms with Crippen molar-refractivity contribution in [2.24, 2.45) is 0 Å². The normalized spacial score (nSPS) is 14.1. The van der Waals surface area contributed by atoms with Gasteiger partial charge in [0.25, 0.3) is 0 Å². The first-order chi connectivity index (χ1) is 18.2. The Morgan fingerprint density at radius 3 is 2.74 bits per heavy atom. The number of phenols is 1. The van der Waals surface area contributed by atoms with Crippen LogP contribution in [0.2, 0.25) is 0 Å². The Morgan fingerprint density at radius 1 is 1.32 bits per heavy atom. The standard InChI is InChI=1S/C27H34NO9P/c1-6-35-26(30)18(4)28(38-32)37-22-10-8-7-9-19(22)14-34-13-16(2)11-12-20-24(29)23-21(15-36-27(23)31)17(3)25(20)33-5/h7-11,18,29H,6,12-15,38H2,1-5H3. The molecule has 1 N–H and O–H groups in total. The second-order valence-electron chi connectivity index (χ2n) is 8.75. The van der Waals surface area contributed by atoms with E-state index < -0.39 is 26.6 Å². The first-order valence-corrected chi connectivity index (χ1v) is 13.2. The van der Waals surface area contributed by atoms with Crippen molar-refractivity contribution >= 4 is 20.5 Å². The second-order valence-corrected chi connectivity index (χ2v) is 9.47. The van der Waals surface area contributed by atoms with Gasteiger partial charge in [-0.25, -0.2) is 4.79 Å². The van der Waals surface area contributed by atoms with Crippen LogP contribution in [-0.2, 0) is 43.2 Å². The van der Waals surface area contributed by atoms with E-state index in [1.54, 1.807) is 26.0 Å². The summed E-state index contributed by atoms with van der Waals surface area (Å²) in [6.07, 6.45) is 2.23. The highest BCUT2D eigenvalue weighted by Crippen LogP contribution is 2.42. The zero-order chi connectivity index (χ0) is 27.8. The summed E-state index contributed by atoms with van der Waals surface area (Å²) in [5.41, 5.74) is 3.73. The van der Waals surface area contributed by atoms with Crippen LogP contribution in [0.15, 0.2) is 35.9 Å². The number of carbonyl (C=O) groups is 2. The van der Waals surface area contributed by atoms with E-state index in [-0.39, 0.29) is 31.1 Å². The number of esters is 2. The van der Waals surface area contributed by atoms with E-state index in [2.05, 4.69) is 0 Å². The number of phenolic OH excluding ortho intramolecular Hbond substituents is 1. The van der Waals surface area contributed by atoms with Gasteiger partial charge in [0, 0.05) is 16.7 Å². The lowest BCUT2D eigenvalue weighted by atomic mass is 9.95. The fourth-order valence-electron chi connectivity index (χ4n) is 4.07. The molecule has 2 aromatic rings. The van der Waals surface area contributed by atoms with Crippen molar-refractivity contribution in [1.82, 2.24) is 4.83 Å². The predicted octanol–water partition coefficient (Wildman–Crippen LogP) is 4.30. The lowest BCUT2D eigenvalue weighted by molar-refractivity contribution is -0.153. The van der Waals surface area contributed by atoms with Crippen LogP contribution >= 0.6 is 8.61 Å². The Labute approximate surface area is 223 Å². The maximum Gasteiger partial charge on any atom is 0.342 e. The molecule has 3 rings (SSSR count). The highest BCUT2D eigenvalue weighted by atomic mass is 31.1. The number of cyclic esters (lactones) is 1. The Balaban J connectivity index is 1.66. The molecule has 0 amide bonds. The van der Waals surface area contributed by atoms with Gasteiger partial charge in [0.15, 0.2) is 14.4 Å². The summed E-state index contributed by atoms with van der Waals surface area (Å²) in [6, 6.07) is 6.29. The Bertz CT molecular complexity index is 1230. The number of nitrogens with zero attached hydrogens (tertiary/aromatic N) is 1. The summed E-state index contributed by atoms with van der Waals surface area (Å²) >= 11 is 0. The van der Waals surface area contributed by atoms with Crippen LogP contribution in [0.4, 0.5) is 0 Å². The average molecular weight is 548 g/mol. The molecule has 0 saturated heterocycles. The molecule has 38 heavy (non-hydrogen) atoms. The fourth-order valence-corrected chi connectivity index (χ4v) is 4.53. The average Bonchev–Trinajstić information content (AvgIpc) is 3.30.